The molecule has 0 aromatic carbocycles. The zero-order chi connectivity index (χ0) is 11.4. The van der Waals surface area contributed by atoms with Crippen molar-refractivity contribution in [3.8, 4) is 0 Å². The summed E-state index contributed by atoms with van der Waals surface area (Å²) < 4.78 is 5.74. The van der Waals surface area contributed by atoms with Crippen LogP contribution in [0, 0.1) is 6.92 Å². The molecule has 1 saturated heterocycles. The number of nitrogens with zero attached hydrogens (tertiary/aromatic N) is 1. The molecule has 0 saturated carbocycles. The molecule has 104 valence electrons. The van der Waals surface area contributed by atoms with Gasteiger partial charge in [0.2, 0.25) is 0 Å². The topological polar surface area (TPSA) is 28.4 Å². The quantitative estimate of drug-likeness (QED) is 0.865. The Kier molecular flexibility index (Phi) is 8.36. The highest BCUT2D eigenvalue weighted by molar-refractivity contribution is 5.85. The van der Waals surface area contributed by atoms with E-state index in [4.69, 9.17) is 4.42 Å². The smallest absolute Gasteiger partial charge is 0.121 e. The molecule has 3 nitrogen and oxygen atoms in total. The molecule has 1 aliphatic rings. The van der Waals surface area contributed by atoms with Gasteiger partial charge in [-0.3, -0.25) is 4.90 Å². The SMILES string of the molecule is C=CC[C@H](c1ccc(C)o1)N1CCNCC1.Cl.Cl. The molecule has 5 heteroatoms. The first kappa shape index (κ1) is 17.5. The monoisotopic (exact) mass is 292 g/mol. The van der Waals surface area contributed by atoms with E-state index in [1.807, 2.05) is 19.1 Å². The highest BCUT2D eigenvalue weighted by atomic mass is 35.5. The Bertz CT molecular complexity index is 349. The highest BCUT2D eigenvalue weighted by Crippen LogP contribution is 2.26. The number of hydrogen-bond donors (Lipinski definition) is 1. The molecule has 0 amide bonds. The van der Waals surface area contributed by atoms with Gasteiger partial charge in [0.1, 0.15) is 11.5 Å². The molecule has 0 spiro atoms. The van der Waals surface area contributed by atoms with Crippen LogP contribution in [-0.2, 0) is 0 Å². The summed E-state index contributed by atoms with van der Waals surface area (Å²) in [6, 6.07) is 4.48. The predicted octanol–water partition coefficient (Wildman–Crippen LogP) is 2.95. The van der Waals surface area contributed by atoms with Crippen LogP contribution in [0.3, 0.4) is 0 Å². The first-order valence-corrected chi connectivity index (χ1v) is 5.93. The average Bonchev–Trinajstić information content (AvgIpc) is 2.74. The molecule has 0 unspecified atom stereocenters. The van der Waals surface area contributed by atoms with Crippen LogP contribution >= 0.6 is 24.8 Å². The van der Waals surface area contributed by atoms with Crippen LogP contribution in [0.1, 0.15) is 24.0 Å². The molecule has 1 aliphatic heterocycles. The number of furan rings is 1. The van der Waals surface area contributed by atoms with Gasteiger partial charge < -0.3 is 9.73 Å². The largest absolute Gasteiger partial charge is 0.465 e. The molecule has 0 bridgehead atoms. The fourth-order valence-corrected chi connectivity index (χ4v) is 2.23. The Hall–Kier alpha value is -0.480. The van der Waals surface area contributed by atoms with Crippen molar-refractivity contribution in [2.45, 2.75) is 19.4 Å². The van der Waals surface area contributed by atoms with Crippen LogP contribution in [0.15, 0.2) is 29.2 Å². The summed E-state index contributed by atoms with van der Waals surface area (Å²) in [5.74, 6) is 2.05. The van der Waals surface area contributed by atoms with E-state index < -0.39 is 0 Å². The van der Waals surface area contributed by atoms with Crippen molar-refractivity contribution in [1.29, 1.82) is 0 Å². The number of halogens is 2. The van der Waals surface area contributed by atoms with E-state index in [1.54, 1.807) is 0 Å². The normalized spacial score (nSPS) is 17.4. The van der Waals surface area contributed by atoms with Crippen LogP contribution in [0.2, 0.25) is 0 Å². The summed E-state index contributed by atoms with van der Waals surface area (Å²) >= 11 is 0. The Balaban J connectivity index is 0.00000144. The summed E-state index contributed by atoms with van der Waals surface area (Å²) in [6.45, 7) is 10.1. The molecule has 2 heterocycles. The van der Waals surface area contributed by atoms with Gasteiger partial charge in [-0.1, -0.05) is 6.08 Å². The lowest BCUT2D eigenvalue weighted by Gasteiger charge is -2.33. The molecule has 1 aromatic rings. The molecule has 1 aromatic heterocycles. The molecule has 18 heavy (non-hydrogen) atoms. The number of rotatable bonds is 4. The van der Waals surface area contributed by atoms with Crippen molar-refractivity contribution >= 4 is 24.8 Å². The Morgan fingerprint density at radius 3 is 2.56 bits per heavy atom. The van der Waals surface area contributed by atoms with Crippen LogP contribution in [-0.4, -0.2) is 31.1 Å². The Morgan fingerprint density at radius 2 is 2.06 bits per heavy atom. The van der Waals surface area contributed by atoms with E-state index in [0.29, 0.717) is 6.04 Å². The van der Waals surface area contributed by atoms with Crippen molar-refractivity contribution in [1.82, 2.24) is 10.2 Å². The first-order chi connectivity index (χ1) is 7.81. The maximum absolute atomic E-state index is 5.74. The van der Waals surface area contributed by atoms with Gasteiger partial charge >= 0.3 is 0 Å². The summed E-state index contributed by atoms with van der Waals surface area (Å²) in [6.07, 6.45) is 2.93. The van der Waals surface area contributed by atoms with Crippen molar-refractivity contribution in [2.75, 3.05) is 26.2 Å². The summed E-state index contributed by atoms with van der Waals surface area (Å²) in [5, 5.41) is 3.37. The molecular formula is C13H22Cl2N2O. The van der Waals surface area contributed by atoms with E-state index >= 15 is 0 Å². The summed E-state index contributed by atoms with van der Waals surface area (Å²) in [5.41, 5.74) is 0. The van der Waals surface area contributed by atoms with Crippen LogP contribution < -0.4 is 5.32 Å². The van der Waals surface area contributed by atoms with Gasteiger partial charge in [-0.2, -0.15) is 0 Å². The highest BCUT2D eigenvalue weighted by Gasteiger charge is 2.23. The minimum atomic E-state index is 0. The summed E-state index contributed by atoms with van der Waals surface area (Å²) in [7, 11) is 0. The second-order valence-corrected chi connectivity index (χ2v) is 4.27. The third-order valence-corrected chi connectivity index (χ3v) is 3.07. The van der Waals surface area contributed by atoms with Crippen LogP contribution in [0.4, 0.5) is 0 Å². The van der Waals surface area contributed by atoms with E-state index in [9.17, 15) is 0 Å². The van der Waals surface area contributed by atoms with Gasteiger partial charge in [0.05, 0.1) is 6.04 Å². The molecule has 1 atom stereocenters. The van der Waals surface area contributed by atoms with Crippen LogP contribution in [0.5, 0.6) is 0 Å². The minimum Gasteiger partial charge on any atom is -0.465 e. The molecule has 1 fully saturated rings. The van der Waals surface area contributed by atoms with E-state index in [2.05, 4.69) is 22.9 Å². The van der Waals surface area contributed by atoms with Crippen molar-refractivity contribution in [3.63, 3.8) is 0 Å². The van der Waals surface area contributed by atoms with E-state index in [0.717, 1.165) is 44.1 Å². The fourth-order valence-electron chi connectivity index (χ4n) is 2.23. The molecule has 0 radical (unpaired) electrons. The Labute approximate surface area is 121 Å². The van der Waals surface area contributed by atoms with Gasteiger partial charge in [-0.15, -0.1) is 31.4 Å². The third kappa shape index (κ3) is 4.32. The lowest BCUT2D eigenvalue weighted by molar-refractivity contribution is 0.154. The maximum atomic E-state index is 5.74. The zero-order valence-electron chi connectivity index (χ0n) is 10.7. The first-order valence-electron chi connectivity index (χ1n) is 5.93. The minimum absolute atomic E-state index is 0. The number of hydrogen-bond acceptors (Lipinski definition) is 3. The molecule has 2 rings (SSSR count). The van der Waals surface area contributed by atoms with Crippen molar-refractivity contribution in [2.24, 2.45) is 0 Å². The second kappa shape index (κ2) is 8.59. The third-order valence-electron chi connectivity index (χ3n) is 3.07. The van der Waals surface area contributed by atoms with E-state index in [-0.39, 0.29) is 24.8 Å². The van der Waals surface area contributed by atoms with E-state index in [1.165, 1.54) is 0 Å². The zero-order valence-corrected chi connectivity index (χ0v) is 12.4. The summed E-state index contributed by atoms with van der Waals surface area (Å²) in [4.78, 5) is 2.47. The Morgan fingerprint density at radius 1 is 1.39 bits per heavy atom. The van der Waals surface area contributed by atoms with Crippen LogP contribution in [0.25, 0.3) is 0 Å². The second-order valence-electron chi connectivity index (χ2n) is 4.27. The lowest BCUT2D eigenvalue weighted by Crippen LogP contribution is -2.45. The number of nitrogens with one attached hydrogen (secondary N) is 1. The van der Waals surface area contributed by atoms with Gasteiger partial charge in [0, 0.05) is 26.2 Å². The standard InChI is InChI=1S/C13H20N2O.2ClH/c1-3-4-12(13-6-5-11(2)16-13)15-9-7-14-8-10-15;;/h3,5-6,12,14H,1,4,7-10H2,2H3;2*1H/t12-;;/m1../s1. The maximum Gasteiger partial charge on any atom is 0.121 e. The number of aryl methyl sites for hydroxylation is 1. The van der Waals surface area contributed by atoms with Gasteiger partial charge in [0.15, 0.2) is 0 Å². The average molecular weight is 293 g/mol. The van der Waals surface area contributed by atoms with Crippen molar-refractivity contribution < 1.29 is 4.42 Å². The number of piperazine rings is 1. The molecule has 0 aliphatic carbocycles. The fraction of sp³-hybridized carbons (Fsp3) is 0.538. The predicted molar refractivity (Wildman–Crippen MR) is 79.9 cm³/mol. The van der Waals surface area contributed by atoms with Crippen molar-refractivity contribution in [3.05, 3.63) is 36.3 Å². The molecule has 1 N–H and O–H groups in total. The van der Waals surface area contributed by atoms with Gasteiger partial charge in [-0.05, 0) is 25.5 Å². The molecular weight excluding hydrogens is 271 g/mol. The van der Waals surface area contributed by atoms with Gasteiger partial charge in [-0.25, -0.2) is 0 Å². The van der Waals surface area contributed by atoms with Gasteiger partial charge in [0.25, 0.3) is 0 Å². The lowest BCUT2D eigenvalue weighted by atomic mass is 10.1.